The number of ether oxygens (including phenoxy) is 1. The first-order chi connectivity index (χ1) is 9.10. The van der Waals surface area contributed by atoms with Gasteiger partial charge < -0.3 is 14.8 Å². The van der Waals surface area contributed by atoms with Gasteiger partial charge in [-0.25, -0.2) is 4.98 Å². The molecule has 2 rings (SSSR count). The Morgan fingerprint density at radius 2 is 2.26 bits per heavy atom. The number of methoxy groups -OCH3 is 1. The minimum absolute atomic E-state index is 0.00434. The zero-order valence-corrected chi connectivity index (χ0v) is 10.7. The van der Waals surface area contributed by atoms with Crippen LogP contribution in [0.5, 0.6) is 11.5 Å². The molecule has 0 aliphatic rings. The van der Waals surface area contributed by atoms with Crippen LogP contribution in [-0.2, 0) is 0 Å². The van der Waals surface area contributed by atoms with Gasteiger partial charge >= 0.3 is 0 Å². The highest BCUT2D eigenvalue weighted by Crippen LogP contribution is 2.26. The maximum absolute atomic E-state index is 11.9. The predicted molar refractivity (Wildman–Crippen MR) is 71.3 cm³/mol. The second-order valence-corrected chi connectivity index (χ2v) is 4.04. The summed E-state index contributed by atoms with van der Waals surface area (Å²) < 4.78 is 4.96. The zero-order valence-electron chi connectivity index (χ0n) is 10.7. The molecule has 2 N–H and O–H groups in total. The van der Waals surface area contributed by atoms with Crippen molar-refractivity contribution in [1.29, 1.82) is 0 Å². The van der Waals surface area contributed by atoms with Gasteiger partial charge in [0.1, 0.15) is 5.82 Å². The molecule has 0 saturated carbocycles. The minimum Gasteiger partial charge on any atom is -0.504 e. The third-order valence-electron chi connectivity index (χ3n) is 2.58. The van der Waals surface area contributed by atoms with E-state index in [0.29, 0.717) is 11.4 Å². The maximum Gasteiger partial charge on any atom is 0.186 e. The summed E-state index contributed by atoms with van der Waals surface area (Å²) in [5, 5.41) is 9.46. The van der Waals surface area contributed by atoms with Gasteiger partial charge in [0, 0.05) is 17.5 Å². The van der Waals surface area contributed by atoms with Crippen molar-refractivity contribution in [1.82, 2.24) is 9.97 Å². The highest BCUT2D eigenvalue weighted by Gasteiger charge is 2.07. The number of allylic oxidation sites excluding steroid dienone is 1. The molecule has 0 spiro atoms. The molecular weight excluding hydrogens is 244 g/mol. The molecule has 1 aromatic carbocycles. The minimum atomic E-state index is -0.188. The van der Waals surface area contributed by atoms with Gasteiger partial charge in [-0.3, -0.25) is 4.79 Å². The van der Waals surface area contributed by atoms with E-state index in [1.807, 2.05) is 6.92 Å². The number of phenolic OH excluding ortho intramolecular Hbond substituents is 1. The molecule has 1 aromatic heterocycles. The number of phenols is 1. The summed E-state index contributed by atoms with van der Waals surface area (Å²) in [4.78, 5) is 19.0. The molecule has 2 aromatic rings. The van der Waals surface area contributed by atoms with E-state index in [1.54, 1.807) is 12.3 Å². The van der Waals surface area contributed by atoms with Crippen LogP contribution in [0.2, 0.25) is 0 Å². The van der Waals surface area contributed by atoms with Crippen LogP contribution in [0.15, 0.2) is 30.5 Å². The van der Waals surface area contributed by atoms with E-state index in [4.69, 9.17) is 4.74 Å². The molecule has 0 unspecified atom stereocenters. The third kappa shape index (κ3) is 3.01. The van der Waals surface area contributed by atoms with Gasteiger partial charge in [0.15, 0.2) is 17.3 Å². The van der Waals surface area contributed by atoms with Crippen molar-refractivity contribution in [3.63, 3.8) is 0 Å². The fourth-order valence-electron chi connectivity index (χ4n) is 1.60. The molecule has 0 bridgehead atoms. The number of aromatic hydroxyl groups is 1. The number of nitrogens with zero attached hydrogens (tertiary/aromatic N) is 1. The largest absolute Gasteiger partial charge is 0.504 e. The van der Waals surface area contributed by atoms with Crippen LogP contribution >= 0.6 is 0 Å². The summed E-state index contributed by atoms with van der Waals surface area (Å²) in [5.74, 6) is 0.710. The monoisotopic (exact) mass is 258 g/mol. The number of rotatable bonds is 4. The highest BCUT2D eigenvalue weighted by atomic mass is 16.5. The molecule has 5 nitrogen and oxygen atoms in total. The quantitative estimate of drug-likeness (QED) is 0.652. The molecule has 0 aliphatic heterocycles. The summed E-state index contributed by atoms with van der Waals surface area (Å²) in [7, 11) is 1.44. The Morgan fingerprint density at radius 1 is 1.47 bits per heavy atom. The van der Waals surface area contributed by atoms with E-state index >= 15 is 0 Å². The lowest BCUT2D eigenvalue weighted by Gasteiger charge is -2.04. The number of carbonyl (C=O) groups excluding carboxylic acids is 1. The lowest BCUT2D eigenvalue weighted by atomic mass is 10.1. The SMILES string of the molecule is COc1cc(C(=O)/C=C/c2ncc(C)[nH]2)ccc1O. The van der Waals surface area contributed by atoms with E-state index in [9.17, 15) is 9.90 Å². The molecule has 1 heterocycles. The number of hydrogen-bond acceptors (Lipinski definition) is 4. The summed E-state index contributed by atoms with van der Waals surface area (Å²) in [5.41, 5.74) is 1.37. The fourth-order valence-corrected chi connectivity index (χ4v) is 1.60. The van der Waals surface area contributed by atoms with Gasteiger partial charge in [-0.1, -0.05) is 0 Å². The molecular formula is C14H14N2O3. The van der Waals surface area contributed by atoms with Crippen LogP contribution in [0.3, 0.4) is 0 Å². The smallest absolute Gasteiger partial charge is 0.186 e. The number of benzene rings is 1. The normalized spacial score (nSPS) is 10.8. The summed E-state index contributed by atoms with van der Waals surface area (Å²) >= 11 is 0. The summed E-state index contributed by atoms with van der Waals surface area (Å²) in [6, 6.07) is 4.46. The Bertz CT molecular complexity index is 629. The van der Waals surface area contributed by atoms with Crippen molar-refractivity contribution in [2.24, 2.45) is 0 Å². The summed E-state index contributed by atoms with van der Waals surface area (Å²) in [6.07, 6.45) is 4.71. The number of nitrogens with one attached hydrogen (secondary N) is 1. The van der Waals surface area contributed by atoms with Crippen molar-refractivity contribution in [2.45, 2.75) is 6.92 Å². The highest BCUT2D eigenvalue weighted by molar-refractivity contribution is 6.07. The van der Waals surface area contributed by atoms with Crippen LogP contribution in [-0.4, -0.2) is 28.0 Å². The van der Waals surface area contributed by atoms with Gasteiger partial charge in [-0.15, -0.1) is 0 Å². The molecule has 0 aliphatic carbocycles. The Kier molecular flexibility index (Phi) is 3.66. The number of ketones is 1. The van der Waals surface area contributed by atoms with Crippen molar-refractivity contribution in [2.75, 3.05) is 7.11 Å². The molecule has 0 saturated heterocycles. The van der Waals surface area contributed by atoms with Crippen LogP contribution in [0, 0.1) is 6.92 Å². The molecule has 98 valence electrons. The van der Waals surface area contributed by atoms with E-state index in [1.165, 1.54) is 31.4 Å². The van der Waals surface area contributed by atoms with Gasteiger partial charge in [0.2, 0.25) is 0 Å². The average Bonchev–Trinajstić information content (AvgIpc) is 2.82. The van der Waals surface area contributed by atoms with Crippen molar-refractivity contribution < 1.29 is 14.6 Å². The lowest BCUT2D eigenvalue weighted by molar-refractivity contribution is 0.104. The van der Waals surface area contributed by atoms with Crippen molar-refractivity contribution in [3.05, 3.63) is 47.6 Å². The second kappa shape index (κ2) is 5.39. The van der Waals surface area contributed by atoms with Gasteiger partial charge in [-0.05, 0) is 37.3 Å². The molecule has 0 radical (unpaired) electrons. The molecule has 0 atom stereocenters. The fraction of sp³-hybridized carbons (Fsp3) is 0.143. The van der Waals surface area contributed by atoms with E-state index in [0.717, 1.165) is 5.69 Å². The Labute approximate surface area is 110 Å². The number of hydrogen-bond donors (Lipinski definition) is 2. The van der Waals surface area contributed by atoms with Gasteiger partial charge in [0.25, 0.3) is 0 Å². The molecule has 19 heavy (non-hydrogen) atoms. The van der Waals surface area contributed by atoms with E-state index in [-0.39, 0.29) is 17.3 Å². The Hall–Kier alpha value is -2.56. The van der Waals surface area contributed by atoms with Crippen LogP contribution < -0.4 is 4.74 Å². The molecule has 0 amide bonds. The topological polar surface area (TPSA) is 75.2 Å². The first-order valence-corrected chi connectivity index (χ1v) is 5.71. The third-order valence-corrected chi connectivity index (χ3v) is 2.58. The lowest BCUT2D eigenvalue weighted by Crippen LogP contribution is -1.95. The number of aromatic nitrogens is 2. The Balaban J connectivity index is 2.18. The average molecular weight is 258 g/mol. The number of H-pyrrole nitrogens is 1. The van der Waals surface area contributed by atoms with Crippen LogP contribution in [0.25, 0.3) is 6.08 Å². The first kappa shape index (κ1) is 12.9. The summed E-state index contributed by atoms with van der Waals surface area (Å²) in [6.45, 7) is 1.89. The number of imidazole rings is 1. The van der Waals surface area contributed by atoms with Gasteiger partial charge in [0.05, 0.1) is 7.11 Å². The maximum atomic E-state index is 11.9. The Morgan fingerprint density at radius 3 is 2.89 bits per heavy atom. The van der Waals surface area contributed by atoms with Crippen molar-refractivity contribution >= 4 is 11.9 Å². The molecule has 0 fully saturated rings. The van der Waals surface area contributed by atoms with E-state index < -0.39 is 0 Å². The number of carbonyl (C=O) groups is 1. The predicted octanol–water partition coefficient (Wildman–Crippen LogP) is 2.33. The number of aryl methyl sites for hydroxylation is 1. The van der Waals surface area contributed by atoms with Crippen molar-refractivity contribution in [3.8, 4) is 11.5 Å². The van der Waals surface area contributed by atoms with E-state index in [2.05, 4.69) is 9.97 Å². The van der Waals surface area contributed by atoms with Crippen LogP contribution in [0.1, 0.15) is 21.9 Å². The second-order valence-electron chi connectivity index (χ2n) is 4.04. The standard InChI is InChI=1S/C14H14N2O3/c1-9-8-15-14(16-9)6-5-11(17)10-3-4-12(18)13(7-10)19-2/h3-8,18H,1-2H3,(H,15,16)/b6-5+. The molecule has 5 heteroatoms. The zero-order chi connectivity index (χ0) is 13.8. The van der Waals surface area contributed by atoms with Crippen LogP contribution in [0.4, 0.5) is 0 Å². The number of aromatic amines is 1. The van der Waals surface area contributed by atoms with Gasteiger partial charge in [-0.2, -0.15) is 0 Å². The first-order valence-electron chi connectivity index (χ1n) is 5.71.